The van der Waals surface area contributed by atoms with Gasteiger partial charge in [-0.3, -0.25) is 4.90 Å². The van der Waals surface area contributed by atoms with Gasteiger partial charge >= 0.3 is 0 Å². The first-order valence-electron chi connectivity index (χ1n) is 7.82. The van der Waals surface area contributed by atoms with Crippen LogP contribution in [0.15, 0.2) is 15.9 Å². The molecule has 0 radical (unpaired) electrons. The molecule has 1 saturated heterocycles. The molecule has 20 heavy (non-hydrogen) atoms. The van der Waals surface area contributed by atoms with Crippen LogP contribution in [0.5, 0.6) is 0 Å². The van der Waals surface area contributed by atoms with Crippen LogP contribution in [0.25, 0.3) is 0 Å². The molecule has 1 aliphatic carbocycles. The summed E-state index contributed by atoms with van der Waals surface area (Å²) in [7, 11) is 0. The van der Waals surface area contributed by atoms with Crippen molar-refractivity contribution in [1.29, 1.82) is 0 Å². The van der Waals surface area contributed by atoms with Crippen molar-refractivity contribution < 1.29 is 0 Å². The summed E-state index contributed by atoms with van der Waals surface area (Å²) in [6.07, 6.45) is 4.16. The molecule has 1 aliphatic heterocycles. The molecule has 1 saturated carbocycles. The molecule has 112 valence electrons. The summed E-state index contributed by atoms with van der Waals surface area (Å²) < 4.78 is 1.29. The number of hydrogen-bond donors (Lipinski definition) is 1. The molecule has 1 N–H and O–H groups in total. The molecule has 0 amide bonds. The Morgan fingerprint density at radius 2 is 2.25 bits per heavy atom. The van der Waals surface area contributed by atoms with Crippen molar-refractivity contribution >= 4 is 27.3 Å². The zero-order valence-corrected chi connectivity index (χ0v) is 14.8. The van der Waals surface area contributed by atoms with E-state index in [9.17, 15) is 0 Å². The maximum absolute atomic E-state index is 3.80. The Morgan fingerprint density at radius 3 is 2.85 bits per heavy atom. The monoisotopic (exact) mass is 356 g/mol. The average Bonchev–Trinajstić information content (AvgIpc) is 3.15. The third-order valence-electron chi connectivity index (χ3n) is 4.50. The number of thiophene rings is 1. The minimum absolute atomic E-state index is 0.670. The van der Waals surface area contributed by atoms with Crippen LogP contribution >= 0.6 is 27.3 Å². The van der Waals surface area contributed by atoms with Crippen LogP contribution in [-0.2, 0) is 6.54 Å². The number of halogens is 1. The molecule has 1 aromatic rings. The van der Waals surface area contributed by atoms with Crippen LogP contribution in [0.1, 0.15) is 38.0 Å². The fourth-order valence-electron chi connectivity index (χ4n) is 3.38. The van der Waals surface area contributed by atoms with E-state index in [0.717, 1.165) is 24.4 Å². The van der Waals surface area contributed by atoms with Crippen LogP contribution in [0.3, 0.4) is 0 Å². The zero-order chi connectivity index (χ0) is 14.1. The van der Waals surface area contributed by atoms with E-state index in [1.807, 2.05) is 11.3 Å². The summed E-state index contributed by atoms with van der Waals surface area (Å²) in [5.74, 6) is 1.72. The summed E-state index contributed by atoms with van der Waals surface area (Å²) in [4.78, 5) is 4.23. The molecule has 2 heterocycles. The highest BCUT2D eigenvalue weighted by Crippen LogP contribution is 2.38. The fourth-order valence-corrected chi connectivity index (χ4v) is 4.88. The van der Waals surface area contributed by atoms with Crippen molar-refractivity contribution in [2.75, 3.05) is 13.1 Å². The van der Waals surface area contributed by atoms with Crippen LogP contribution < -0.4 is 5.32 Å². The smallest absolute Gasteiger partial charge is 0.0343 e. The number of nitrogens with one attached hydrogen (secondary N) is 1. The second-order valence-electron chi connectivity index (χ2n) is 6.76. The molecular weight excluding hydrogens is 332 g/mol. The van der Waals surface area contributed by atoms with Gasteiger partial charge in [-0.25, -0.2) is 0 Å². The lowest BCUT2D eigenvalue weighted by Gasteiger charge is -2.41. The molecule has 0 bridgehead atoms. The average molecular weight is 357 g/mol. The van der Waals surface area contributed by atoms with E-state index in [1.165, 1.54) is 41.7 Å². The van der Waals surface area contributed by atoms with Crippen molar-refractivity contribution in [2.24, 2.45) is 11.8 Å². The van der Waals surface area contributed by atoms with Crippen LogP contribution in [0.4, 0.5) is 0 Å². The lowest BCUT2D eigenvalue weighted by Crippen LogP contribution is -2.57. The van der Waals surface area contributed by atoms with Gasteiger partial charge in [0.2, 0.25) is 0 Å². The predicted octanol–water partition coefficient (Wildman–Crippen LogP) is 4.11. The van der Waals surface area contributed by atoms with Gasteiger partial charge in [-0.05, 0) is 58.5 Å². The van der Waals surface area contributed by atoms with Gasteiger partial charge in [0.1, 0.15) is 0 Å². The molecular formula is C16H25BrN2S. The predicted molar refractivity (Wildman–Crippen MR) is 90.2 cm³/mol. The van der Waals surface area contributed by atoms with E-state index in [1.54, 1.807) is 0 Å². The van der Waals surface area contributed by atoms with Gasteiger partial charge in [-0.1, -0.05) is 13.8 Å². The Bertz CT molecular complexity index is 441. The summed E-state index contributed by atoms with van der Waals surface area (Å²) in [6.45, 7) is 8.17. The van der Waals surface area contributed by atoms with Gasteiger partial charge in [-0.2, -0.15) is 0 Å². The third-order valence-corrected chi connectivity index (χ3v) is 6.41. The molecule has 0 spiro atoms. The lowest BCUT2D eigenvalue weighted by molar-refractivity contribution is 0.101. The van der Waals surface area contributed by atoms with Crippen molar-refractivity contribution in [1.82, 2.24) is 10.2 Å². The molecule has 2 fully saturated rings. The van der Waals surface area contributed by atoms with Gasteiger partial charge in [0, 0.05) is 41.1 Å². The largest absolute Gasteiger partial charge is 0.311 e. The molecule has 0 aromatic carbocycles. The van der Waals surface area contributed by atoms with Crippen molar-refractivity contribution in [3.05, 3.63) is 20.8 Å². The number of rotatable bonds is 5. The summed E-state index contributed by atoms with van der Waals surface area (Å²) >= 11 is 5.57. The van der Waals surface area contributed by atoms with E-state index in [2.05, 4.69) is 51.4 Å². The number of piperazine rings is 1. The van der Waals surface area contributed by atoms with E-state index in [-0.39, 0.29) is 0 Å². The summed E-state index contributed by atoms with van der Waals surface area (Å²) in [6, 6.07) is 3.61. The van der Waals surface area contributed by atoms with Crippen LogP contribution in [0.2, 0.25) is 0 Å². The molecule has 2 nitrogen and oxygen atoms in total. The van der Waals surface area contributed by atoms with Crippen molar-refractivity contribution in [2.45, 2.75) is 51.7 Å². The Morgan fingerprint density at radius 1 is 1.45 bits per heavy atom. The first-order chi connectivity index (χ1) is 9.63. The van der Waals surface area contributed by atoms with Gasteiger partial charge < -0.3 is 5.32 Å². The van der Waals surface area contributed by atoms with Gasteiger partial charge in [0.15, 0.2) is 0 Å². The van der Waals surface area contributed by atoms with Crippen molar-refractivity contribution in [3.8, 4) is 0 Å². The van der Waals surface area contributed by atoms with Gasteiger partial charge in [-0.15, -0.1) is 11.3 Å². The molecule has 3 rings (SSSR count). The minimum atomic E-state index is 0.670. The highest BCUT2D eigenvalue weighted by molar-refractivity contribution is 9.10. The topological polar surface area (TPSA) is 15.3 Å². The fraction of sp³-hybridized carbons (Fsp3) is 0.750. The Balaban J connectivity index is 1.67. The van der Waals surface area contributed by atoms with Gasteiger partial charge in [0.25, 0.3) is 0 Å². The standard InChI is InChI=1S/C16H25BrN2S/c1-11(2)7-13-9-19(10-16-14(17)5-6-20-16)15(8-18-13)12-3-4-12/h5-6,11-13,15,18H,3-4,7-10H2,1-2H3. The first kappa shape index (κ1) is 15.0. The maximum Gasteiger partial charge on any atom is 0.0343 e. The molecule has 2 unspecified atom stereocenters. The number of nitrogens with zero attached hydrogens (tertiary/aromatic N) is 1. The Hall–Kier alpha value is 0.1000. The normalized spacial score (nSPS) is 28.2. The van der Waals surface area contributed by atoms with E-state index < -0.39 is 0 Å². The quantitative estimate of drug-likeness (QED) is 0.853. The molecule has 2 aliphatic rings. The SMILES string of the molecule is CC(C)CC1CN(Cc2sccc2Br)C(C2CC2)CN1. The molecule has 2 atom stereocenters. The third kappa shape index (κ3) is 3.65. The second kappa shape index (κ2) is 6.47. The zero-order valence-electron chi connectivity index (χ0n) is 12.4. The van der Waals surface area contributed by atoms with Crippen LogP contribution in [0, 0.1) is 11.8 Å². The summed E-state index contributed by atoms with van der Waals surface area (Å²) in [5.41, 5.74) is 0. The Kier molecular flexibility index (Phi) is 4.86. The summed E-state index contributed by atoms with van der Waals surface area (Å²) in [5, 5.41) is 5.99. The van der Waals surface area contributed by atoms with Gasteiger partial charge in [0.05, 0.1) is 0 Å². The highest BCUT2D eigenvalue weighted by Gasteiger charge is 2.38. The van der Waals surface area contributed by atoms with E-state index in [0.29, 0.717) is 6.04 Å². The van der Waals surface area contributed by atoms with Crippen molar-refractivity contribution in [3.63, 3.8) is 0 Å². The maximum atomic E-state index is 3.80. The highest BCUT2D eigenvalue weighted by atomic mass is 79.9. The van der Waals surface area contributed by atoms with E-state index >= 15 is 0 Å². The second-order valence-corrected chi connectivity index (χ2v) is 8.62. The van der Waals surface area contributed by atoms with Crippen LogP contribution in [-0.4, -0.2) is 30.1 Å². The Labute approximate surface area is 135 Å². The lowest BCUT2D eigenvalue weighted by atomic mass is 9.98. The minimum Gasteiger partial charge on any atom is -0.311 e. The molecule has 1 aromatic heterocycles. The first-order valence-corrected chi connectivity index (χ1v) is 9.50. The number of hydrogen-bond acceptors (Lipinski definition) is 3. The van der Waals surface area contributed by atoms with E-state index in [4.69, 9.17) is 0 Å². The molecule has 4 heteroatoms.